The Bertz CT molecular complexity index is 424. The normalized spacial score (nSPS) is 23.8. The molecule has 0 spiro atoms. The number of nitrogens with one attached hydrogen (secondary N) is 1. The molecule has 0 bridgehead atoms. The second-order valence-electron chi connectivity index (χ2n) is 5.06. The van der Waals surface area contributed by atoms with Crippen LogP contribution in [-0.2, 0) is 10.3 Å². The fraction of sp³-hybridized carbons (Fsp3) is 0.538. The molecule has 2 heterocycles. The molecule has 2 rings (SSSR count). The summed E-state index contributed by atoms with van der Waals surface area (Å²) in [6.45, 7) is 3.60. The molecule has 1 aliphatic rings. The molecule has 0 aromatic carbocycles. The van der Waals surface area contributed by atoms with Crippen LogP contribution in [0.4, 0.5) is 0 Å². The largest absolute Gasteiger partial charge is 0.480 e. The first-order valence-electron chi connectivity index (χ1n) is 6.12. The zero-order valence-corrected chi connectivity index (χ0v) is 10.8. The summed E-state index contributed by atoms with van der Waals surface area (Å²) >= 11 is 0. The smallest absolute Gasteiger partial charge is 0.328 e. The highest BCUT2D eigenvalue weighted by molar-refractivity contribution is 5.80. The molecule has 1 fully saturated rings. The van der Waals surface area contributed by atoms with Crippen LogP contribution < -0.4 is 5.32 Å². The Morgan fingerprint density at radius 3 is 2.72 bits per heavy atom. The van der Waals surface area contributed by atoms with Gasteiger partial charge in [0.05, 0.1) is 0 Å². The SMILES string of the molecule is CN1CCC(NC(C)(C(=O)O)c2ccncc2)C1. The minimum absolute atomic E-state index is 0.212. The van der Waals surface area contributed by atoms with E-state index in [4.69, 9.17) is 0 Å². The molecule has 2 unspecified atom stereocenters. The van der Waals surface area contributed by atoms with Gasteiger partial charge in [0.15, 0.2) is 0 Å². The van der Waals surface area contributed by atoms with E-state index in [0.29, 0.717) is 0 Å². The number of aliphatic carboxylic acids is 1. The molecule has 0 aliphatic carbocycles. The van der Waals surface area contributed by atoms with Gasteiger partial charge in [-0.2, -0.15) is 0 Å². The third-order valence-corrected chi connectivity index (χ3v) is 3.57. The number of carboxylic acids is 1. The van der Waals surface area contributed by atoms with Gasteiger partial charge in [0.2, 0.25) is 0 Å². The fourth-order valence-corrected chi connectivity index (χ4v) is 2.41. The van der Waals surface area contributed by atoms with Crippen LogP contribution in [0.15, 0.2) is 24.5 Å². The van der Waals surface area contributed by atoms with Crippen LogP contribution in [0.3, 0.4) is 0 Å². The fourth-order valence-electron chi connectivity index (χ4n) is 2.41. The van der Waals surface area contributed by atoms with Crippen molar-refractivity contribution in [2.45, 2.75) is 24.9 Å². The maximum absolute atomic E-state index is 11.6. The molecule has 0 saturated carbocycles. The van der Waals surface area contributed by atoms with Gasteiger partial charge in [0.1, 0.15) is 5.54 Å². The van der Waals surface area contributed by atoms with Crippen molar-refractivity contribution in [3.63, 3.8) is 0 Å². The average Bonchev–Trinajstić information content (AvgIpc) is 2.75. The highest BCUT2D eigenvalue weighted by Crippen LogP contribution is 2.23. The Balaban J connectivity index is 2.20. The number of likely N-dealkylation sites (tertiary alicyclic amines) is 1. The molecule has 0 radical (unpaired) electrons. The van der Waals surface area contributed by atoms with Crippen LogP contribution in [-0.4, -0.2) is 47.1 Å². The summed E-state index contributed by atoms with van der Waals surface area (Å²) in [6.07, 6.45) is 4.22. The Morgan fingerprint density at radius 1 is 1.56 bits per heavy atom. The van der Waals surface area contributed by atoms with Crippen LogP contribution in [0.2, 0.25) is 0 Å². The highest BCUT2D eigenvalue weighted by Gasteiger charge is 2.38. The number of pyridine rings is 1. The van der Waals surface area contributed by atoms with Crippen molar-refractivity contribution in [2.24, 2.45) is 0 Å². The van der Waals surface area contributed by atoms with Gasteiger partial charge in [-0.05, 0) is 44.6 Å². The minimum atomic E-state index is -1.06. The molecule has 0 amide bonds. The Morgan fingerprint density at radius 2 is 2.22 bits per heavy atom. The lowest BCUT2D eigenvalue weighted by Crippen LogP contribution is -2.52. The van der Waals surface area contributed by atoms with E-state index in [-0.39, 0.29) is 6.04 Å². The Labute approximate surface area is 107 Å². The monoisotopic (exact) mass is 249 g/mol. The van der Waals surface area contributed by atoms with Crippen LogP contribution in [0.25, 0.3) is 0 Å². The lowest BCUT2D eigenvalue weighted by atomic mass is 9.91. The minimum Gasteiger partial charge on any atom is -0.480 e. The van der Waals surface area contributed by atoms with Crippen LogP contribution in [0.1, 0.15) is 18.9 Å². The third-order valence-electron chi connectivity index (χ3n) is 3.57. The van der Waals surface area contributed by atoms with Crippen LogP contribution in [0, 0.1) is 0 Å². The maximum Gasteiger partial charge on any atom is 0.328 e. The van der Waals surface area contributed by atoms with E-state index in [9.17, 15) is 9.90 Å². The van der Waals surface area contributed by atoms with Gasteiger partial charge in [-0.25, -0.2) is 4.79 Å². The second kappa shape index (κ2) is 5.04. The molecule has 2 N–H and O–H groups in total. The number of hydrogen-bond donors (Lipinski definition) is 2. The molecule has 1 aromatic rings. The summed E-state index contributed by atoms with van der Waals surface area (Å²) < 4.78 is 0. The number of rotatable bonds is 4. The zero-order chi connectivity index (χ0) is 13.2. The van der Waals surface area contributed by atoms with Crippen molar-refractivity contribution in [3.05, 3.63) is 30.1 Å². The van der Waals surface area contributed by atoms with E-state index in [1.807, 2.05) is 7.05 Å². The summed E-state index contributed by atoms with van der Waals surface area (Å²) in [5, 5.41) is 12.8. The molecular weight excluding hydrogens is 230 g/mol. The van der Waals surface area contributed by atoms with Gasteiger partial charge < -0.3 is 10.0 Å². The van der Waals surface area contributed by atoms with Crippen LogP contribution >= 0.6 is 0 Å². The molecule has 1 saturated heterocycles. The van der Waals surface area contributed by atoms with Crippen molar-refractivity contribution in [2.75, 3.05) is 20.1 Å². The van der Waals surface area contributed by atoms with Crippen molar-refractivity contribution in [1.29, 1.82) is 0 Å². The van der Waals surface area contributed by atoms with E-state index in [0.717, 1.165) is 25.1 Å². The molecule has 1 aliphatic heterocycles. The van der Waals surface area contributed by atoms with Gasteiger partial charge in [-0.1, -0.05) is 0 Å². The van der Waals surface area contributed by atoms with Crippen molar-refractivity contribution < 1.29 is 9.90 Å². The lowest BCUT2D eigenvalue weighted by molar-refractivity contribution is -0.145. The second-order valence-corrected chi connectivity index (χ2v) is 5.06. The number of carbonyl (C=O) groups is 1. The average molecular weight is 249 g/mol. The predicted molar refractivity (Wildman–Crippen MR) is 68.3 cm³/mol. The quantitative estimate of drug-likeness (QED) is 0.821. The van der Waals surface area contributed by atoms with Gasteiger partial charge in [-0.15, -0.1) is 0 Å². The van der Waals surface area contributed by atoms with Gasteiger partial charge >= 0.3 is 5.97 Å². The number of carboxylic acid groups (broad SMARTS) is 1. The van der Waals surface area contributed by atoms with Gasteiger partial charge in [0, 0.05) is 25.0 Å². The molecule has 18 heavy (non-hydrogen) atoms. The standard InChI is InChI=1S/C13H19N3O2/c1-13(12(17)18,10-3-6-14-7-4-10)15-11-5-8-16(2)9-11/h3-4,6-7,11,15H,5,8-9H2,1-2H3,(H,17,18). The summed E-state index contributed by atoms with van der Waals surface area (Å²) in [4.78, 5) is 17.7. The Kier molecular flexibility index (Phi) is 3.63. The topological polar surface area (TPSA) is 65.5 Å². The molecule has 5 nitrogen and oxygen atoms in total. The predicted octanol–water partition coefficient (Wildman–Crippen LogP) is 0.675. The number of nitrogens with zero attached hydrogens (tertiary/aromatic N) is 2. The van der Waals surface area contributed by atoms with Crippen molar-refractivity contribution in [3.8, 4) is 0 Å². The number of likely N-dealkylation sites (N-methyl/N-ethyl adjacent to an activating group) is 1. The molecule has 1 aromatic heterocycles. The number of aromatic nitrogens is 1. The van der Waals surface area contributed by atoms with Crippen molar-refractivity contribution >= 4 is 5.97 Å². The first kappa shape index (κ1) is 13.0. The first-order chi connectivity index (χ1) is 8.52. The lowest BCUT2D eigenvalue weighted by Gasteiger charge is -2.30. The van der Waals surface area contributed by atoms with Gasteiger partial charge in [0.25, 0.3) is 0 Å². The number of hydrogen-bond acceptors (Lipinski definition) is 4. The summed E-state index contributed by atoms with van der Waals surface area (Å²) in [5.74, 6) is -0.858. The summed E-state index contributed by atoms with van der Waals surface area (Å²) in [7, 11) is 2.05. The summed E-state index contributed by atoms with van der Waals surface area (Å²) in [5.41, 5.74) is -0.321. The third kappa shape index (κ3) is 2.52. The Hall–Kier alpha value is -1.46. The van der Waals surface area contributed by atoms with E-state index in [1.165, 1.54) is 0 Å². The van der Waals surface area contributed by atoms with E-state index < -0.39 is 11.5 Å². The molecule has 5 heteroatoms. The van der Waals surface area contributed by atoms with E-state index >= 15 is 0 Å². The van der Waals surface area contributed by atoms with E-state index in [1.54, 1.807) is 31.5 Å². The highest BCUT2D eigenvalue weighted by atomic mass is 16.4. The maximum atomic E-state index is 11.6. The van der Waals surface area contributed by atoms with Crippen LogP contribution in [0.5, 0.6) is 0 Å². The van der Waals surface area contributed by atoms with Gasteiger partial charge in [-0.3, -0.25) is 10.3 Å². The molecule has 98 valence electrons. The molecule has 2 atom stereocenters. The van der Waals surface area contributed by atoms with Crippen molar-refractivity contribution in [1.82, 2.24) is 15.2 Å². The van der Waals surface area contributed by atoms with E-state index in [2.05, 4.69) is 15.2 Å². The zero-order valence-electron chi connectivity index (χ0n) is 10.8. The molecular formula is C13H19N3O2. The first-order valence-corrected chi connectivity index (χ1v) is 6.12. The summed E-state index contributed by atoms with van der Waals surface area (Å²) in [6, 6.07) is 3.71.